The molecule has 3 amide bonds. The van der Waals surface area contributed by atoms with E-state index in [1.807, 2.05) is 7.05 Å². The Balaban J connectivity index is 1.79. The van der Waals surface area contributed by atoms with Crippen LogP contribution in [-0.4, -0.2) is 71.7 Å². The molecule has 0 aromatic heterocycles. The second-order valence-electron chi connectivity index (χ2n) is 5.83. The van der Waals surface area contributed by atoms with Crippen molar-refractivity contribution >= 4 is 17.7 Å². The van der Waals surface area contributed by atoms with E-state index >= 15 is 0 Å². The first kappa shape index (κ1) is 14.7. The number of nitrogens with zero attached hydrogens (tertiary/aromatic N) is 3. The van der Waals surface area contributed by atoms with Crippen molar-refractivity contribution in [2.75, 3.05) is 33.2 Å². The van der Waals surface area contributed by atoms with Crippen molar-refractivity contribution in [1.29, 1.82) is 0 Å². The third-order valence-corrected chi connectivity index (χ3v) is 4.39. The largest absolute Gasteiger partial charge is 0.338 e. The number of imide groups is 1. The van der Waals surface area contributed by atoms with Crippen LogP contribution < -0.4 is 0 Å². The maximum Gasteiger partial charge on any atom is 0.262 e. The van der Waals surface area contributed by atoms with E-state index in [4.69, 9.17) is 0 Å². The van der Waals surface area contributed by atoms with Gasteiger partial charge in [0.25, 0.3) is 11.8 Å². The Morgan fingerprint density at radius 2 is 1.50 bits per heavy atom. The molecule has 1 aromatic rings. The highest BCUT2D eigenvalue weighted by atomic mass is 16.2. The van der Waals surface area contributed by atoms with E-state index in [1.165, 1.54) is 0 Å². The fourth-order valence-corrected chi connectivity index (χ4v) is 2.96. The molecule has 6 nitrogen and oxygen atoms in total. The molecule has 0 saturated carbocycles. The average Bonchev–Trinajstić information content (AvgIpc) is 2.79. The molecule has 0 radical (unpaired) electrons. The van der Waals surface area contributed by atoms with Gasteiger partial charge in [-0.3, -0.25) is 19.3 Å². The molecular weight excluding hydrogens is 282 g/mol. The van der Waals surface area contributed by atoms with E-state index in [2.05, 4.69) is 4.90 Å². The first-order valence-corrected chi connectivity index (χ1v) is 7.45. The molecule has 1 fully saturated rings. The molecule has 116 valence electrons. The lowest BCUT2D eigenvalue weighted by molar-refractivity contribution is -0.136. The number of hydrogen-bond donors (Lipinski definition) is 0. The predicted octanol–water partition coefficient (Wildman–Crippen LogP) is 0.445. The van der Waals surface area contributed by atoms with Gasteiger partial charge in [0, 0.05) is 26.2 Å². The summed E-state index contributed by atoms with van der Waals surface area (Å²) in [5.74, 6) is -0.922. The van der Waals surface area contributed by atoms with Crippen molar-refractivity contribution in [3.05, 3.63) is 35.4 Å². The lowest BCUT2D eigenvalue weighted by Crippen LogP contribution is -2.54. The number of carbonyl (C=O) groups is 3. The lowest BCUT2D eigenvalue weighted by Gasteiger charge is -2.35. The van der Waals surface area contributed by atoms with Gasteiger partial charge < -0.3 is 9.80 Å². The Morgan fingerprint density at radius 1 is 1.00 bits per heavy atom. The topological polar surface area (TPSA) is 60.9 Å². The van der Waals surface area contributed by atoms with Gasteiger partial charge in [-0.1, -0.05) is 12.1 Å². The van der Waals surface area contributed by atoms with Gasteiger partial charge in [-0.15, -0.1) is 0 Å². The van der Waals surface area contributed by atoms with Crippen LogP contribution in [0.25, 0.3) is 0 Å². The summed E-state index contributed by atoms with van der Waals surface area (Å²) in [6.45, 7) is 4.50. The first-order valence-electron chi connectivity index (χ1n) is 7.45. The summed E-state index contributed by atoms with van der Waals surface area (Å²) in [6.07, 6.45) is 0. The van der Waals surface area contributed by atoms with Crippen LogP contribution in [0.5, 0.6) is 0 Å². The summed E-state index contributed by atoms with van der Waals surface area (Å²) < 4.78 is 0. The second-order valence-corrected chi connectivity index (χ2v) is 5.83. The van der Waals surface area contributed by atoms with Gasteiger partial charge in [-0.2, -0.15) is 0 Å². The van der Waals surface area contributed by atoms with Crippen LogP contribution in [0.1, 0.15) is 27.6 Å². The Labute approximate surface area is 129 Å². The van der Waals surface area contributed by atoms with Gasteiger partial charge in [0.05, 0.1) is 11.1 Å². The van der Waals surface area contributed by atoms with Crippen LogP contribution in [0.15, 0.2) is 24.3 Å². The minimum atomic E-state index is -0.768. The molecule has 2 aliphatic heterocycles. The van der Waals surface area contributed by atoms with Crippen molar-refractivity contribution in [2.24, 2.45) is 0 Å². The molecule has 0 unspecified atom stereocenters. The molecule has 0 spiro atoms. The molecular formula is C16H19N3O3. The number of benzene rings is 1. The van der Waals surface area contributed by atoms with Crippen LogP contribution in [0, 0.1) is 0 Å². The summed E-state index contributed by atoms with van der Waals surface area (Å²) in [7, 11) is 2.01. The molecule has 1 aromatic carbocycles. The third-order valence-electron chi connectivity index (χ3n) is 4.39. The number of fused-ring (bicyclic) bond motifs is 1. The second kappa shape index (κ2) is 5.53. The molecule has 0 bridgehead atoms. The fourth-order valence-electron chi connectivity index (χ4n) is 2.96. The van der Waals surface area contributed by atoms with Crippen molar-refractivity contribution in [2.45, 2.75) is 13.0 Å². The molecule has 22 heavy (non-hydrogen) atoms. The quantitative estimate of drug-likeness (QED) is 0.744. The van der Waals surface area contributed by atoms with Crippen LogP contribution in [0.2, 0.25) is 0 Å². The maximum absolute atomic E-state index is 12.6. The summed E-state index contributed by atoms with van der Waals surface area (Å²) in [5, 5.41) is 0. The van der Waals surface area contributed by atoms with E-state index in [9.17, 15) is 14.4 Å². The van der Waals surface area contributed by atoms with Gasteiger partial charge in [0.2, 0.25) is 5.91 Å². The number of rotatable bonds is 2. The minimum absolute atomic E-state index is 0.164. The van der Waals surface area contributed by atoms with Gasteiger partial charge in [-0.05, 0) is 26.1 Å². The maximum atomic E-state index is 12.6. The molecule has 1 atom stereocenters. The normalized spacial score (nSPS) is 20.3. The molecule has 2 heterocycles. The third kappa shape index (κ3) is 2.29. The molecule has 6 heteroatoms. The SMILES string of the molecule is C[C@H](C(=O)N1CCN(C)CC1)N1C(=O)c2ccccc2C1=O. The number of amides is 3. The molecule has 2 aliphatic rings. The van der Waals surface area contributed by atoms with Gasteiger partial charge in [0.1, 0.15) is 6.04 Å². The molecule has 0 aliphatic carbocycles. The highest BCUT2D eigenvalue weighted by Gasteiger charge is 2.41. The van der Waals surface area contributed by atoms with Gasteiger partial charge >= 0.3 is 0 Å². The monoisotopic (exact) mass is 301 g/mol. The van der Waals surface area contributed by atoms with E-state index in [0.717, 1.165) is 18.0 Å². The summed E-state index contributed by atoms with van der Waals surface area (Å²) in [5.41, 5.74) is 0.760. The number of hydrogen-bond acceptors (Lipinski definition) is 4. The van der Waals surface area contributed by atoms with Gasteiger partial charge in [0.15, 0.2) is 0 Å². The molecule has 3 rings (SSSR count). The van der Waals surface area contributed by atoms with E-state index in [0.29, 0.717) is 24.2 Å². The lowest BCUT2D eigenvalue weighted by atomic mass is 10.1. The fraction of sp³-hybridized carbons (Fsp3) is 0.438. The van der Waals surface area contributed by atoms with E-state index < -0.39 is 6.04 Å². The summed E-state index contributed by atoms with van der Waals surface area (Å²) >= 11 is 0. The first-order chi connectivity index (χ1) is 10.5. The Kier molecular flexibility index (Phi) is 3.70. The van der Waals surface area contributed by atoms with Crippen molar-refractivity contribution in [3.63, 3.8) is 0 Å². The van der Waals surface area contributed by atoms with E-state index in [1.54, 1.807) is 36.1 Å². The molecule has 1 saturated heterocycles. The zero-order valence-corrected chi connectivity index (χ0v) is 12.8. The minimum Gasteiger partial charge on any atom is -0.338 e. The zero-order valence-electron chi connectivity index (χ0n) is 12.8. The van der Waals surface area contributed by atoms with Gasteiger partial charge in [-0.25, -0.2) is 0 Å². The summed E-state index contributed by atoms with van der Waals surface area (Å²) in [4.78, 5) is 42.4. The molecule has 0 N–H and O–H groups in total. The zero-order chi connectivity index (χ0) is 15.9. The standard InChI is InChI=1S/C16H19N3O3/c1-11(14(20)18-9-7-17(2)8-10-18)19-15(21)12-5-3-4-6-13(12)16(19)22/h3-6,11H,7-10H2,1-2H3/t11-/m1/s1. The number of carbonyl (C=O) groups excluding carboxylic acids is 3. The van der Waals surface area contributed by atoms with Crippen molar-refractivity contribution < 1.29 is 14.4 Å². The van der Waals surface area contributed by atoms with Crippen LogP contribution in [0.3, 0.4) is 0 Å². The Hall–Kier alpha value is -2.21. The number of likely N-dealkylation sites (N-methyl/N-ethyl adjacent to an activating group) is 1. The Bertz CT molecular complexity index is 600. The Morgan fingerprint density at radius 3 is 2.00 bits per heavy atom. The average molecular weight is 301 g/mol. The highest BCUT2D eigenvalue weighted by Crippen LogP contribution is 2.25. The van der Waals surface area contributed by atoms with Crippen molar-refractivity contribution in [3.8, 4) is 0 Å². The van der Waals surface area contributed by atoms with Crippen molar-refractivity contribution in [1.82, 2.24) is 14.7 Å². The van der Waals surface area contributed by atoms with E-state index in [-0.39, 0.29) is 17.7 Å². The summed E-state index contributed by atoms with van der Waals surface area (Å²) in [6, 6.07) is 5.93. The predicted molar refractivity (Wildman–Crippen MR) is 80.5 cm³/mol. The highest BCUT2D eigenvalue weighted by molar-refractivity contribution is 6.22. The van der Waals surface area contributed by atoms with Crippen LogP contribution >= 0.6 is 0 Å². The van der Waals surface area contributed by atoms with Crippen LogP contribution in [-0.2, 0) is 4.79 Å². The van der Waals surface area contributed by atoms with Crippen LogP contribution in [0.4, 0.5) is 0 Å². The number of piperazine rings is 1. The smallest absolute Gasteiger partial charge is 0.262 e.